The number of hydrogen-bond donors (Lipinski definition) is 1. The van der Waals surface area contributed by atoms with E-state index in [-0.39, 0.29) is 0 Å². The first kappa shape index (κ1) is 15.5. The zero-order chi connectivity index (χ0) is 15.2. The van der Waals surface area contributed by atoms with Gasteiger partial charge < -0.3 is 14.6 Å². The molecule has 2 aromatic rings. The van der Waals surface area contributed by atoms with Crippen LogP contribution in [0.5, 0.6) is 5.75 Å². The second kappa shape index (κ2) is 7.22. The number of benzene rings is 1. The molecule has 1 aromatic heterocycles. The van der Waals surface area contributed by atoms with Gasteiger partial charge in [-0.15, -0.1) is 0 Å². The smallest absolute Gasteiger partial charge is 0.230 e. The maximum Gasteiger partial charge on any atom is 0.230 e. The molecule has 0 aliphatic heterocycles. The fraction of sp³-hybridized carbons (Fsp3) is 0.500. The van der Waals surface area contributed by atoms with Crippen molar-refractivity contribution in [3.05, 3.63) is 41.0 Å². The van der Waals surface area contributed by atoms with E-state index in [4.69, 9.17) is 9.26 Å². The summed E-state index contributed by atoms with van der Waals surface area (Å²) in [6, 6.07) is 6.52. The van der Waals surface area contributed by atoms with E-state index in [2.05, 4.69) is 42.3 Å². The second-order valence-electron chi connectivity index (χ2n) is 5.42. The average Bonchev–Trinajstić information content (AvgIpc) is 2.85. The van der Waals surface area contributed by atoms with Crippen LogP contribution in [-0.2, 0) is 12.8 Å². The number of nitrogens with zero attached hydrogens (tertiary/aromatic N) is 2. The van der Waals surface area contributed by atoms with Crippen molar-refractivity contribution in [1.82, 2.24) is 15.5 Å². The predicted octanol–water partition coefficient (Wildman–Crippen LogP) is 2.46. The molecular weight excluding hydrogens is 266 g/mol. The highest BCUT2D eigenvalue weighted by atomic mass is 16.5. The molecule has 0 saturated heterocycles. The van der Waals surface area contributed by atoms with E-state index < -0.39 is 0 Å². The van der Waals surface area contributed by atoms with Crippen LogP contribution in [0.4, 0.5) is 0 Å². The van der Waals surface area contributed by atoms with Crippen molar-refractivity contribution in [2.24, 2.45) is 0 Å². The molecule has 1 N–H and O–H groups in total. The molecule has 1 heterocycles. The molecule has 0 amide bonds. The molecule has 5 nitrogen and oxygen atoms in total. The van der Waals surface area contributed by atoms with E-state index in [1.165, 1.54) is 11.1 Å². The lowest BCUT2D eigenvalue weighted by molar-refractivity contribution is 0.291. The van der Waals surface area contributed by atoms with Gasteiger partial charge in [0.05, 0.1) is 13.0 Å². The highest BCUT2D eigenvalue weighted by Crippen LogP contribution is 2.16. The summed E-state index contributed by atoms with van der Waals surface area (Å²) in [7, 11) is 1.92. The number of likely N-dealkylation sites (N-methyl/N-ethyl adjacent to an activating group) is 1. The third-order valence-corrected chi connectivity index (χ3v) is 3.27. The number of nitrogens with one attached hydrogen (secondary N) is 1. The average molecular weight is 289 g/mol. The topological polar surface area (TPSA) is 60.2 Å². The van der Waals surface area contributed by atoms with Gasteiger partial charge in [-0.25, -0.2) is 0 Å². The molecule has 1 aromatic carbocycles. The minimum absolute atomic E-state index is 0.335. The van der Waals surface area contributed by atoms with E-state index in [0.29, 0.717) is 25.0 Å². The Labute approximate surface area is 125 Å². The Morgan fingerprint density at radius 3 is 2.62 bits per heavy atom. The molecule has 21 heavy (non-hydrogen) atoms. The molecule has 0 spiro atoms. The fourth-order valence-electron chi connectivity index (χ4n) is 2.12. The van der Waals surface area contributed by atoms with Crippen LogP contribution < -0.4 is 10.1 Å². The van der Waals surface area contributed by atoms with E-state index in [9.17, 15) is 0 Å². The molecule has 1 unspecified atom stereocenters. The van der Waals surface area contributed by atoms with Crippen molar-refractivity contribution in [1.29, 1.82) is 0 Å². The summed E-state index contributed by atoms with van der Waals surface area (Å²) in [5.74, 6) is 2.24. The van der Waals surface area contributed by atoms with Crippen molar-refractivity contribution in [2.75, 3.05) is 13.7 Å². The Kier molecular flexibility index (Phi) is 5.33. The summed E-state index contributed by atoms with van der Waals surface area (Å²) in [6.07, 6.45) is 1.38. The molecule has 0 fully saturated rings. The van der Waals surface area contributed by atoms with E-state index in [1.807, 2.05) is 19.2 Å². The summed E-state index contributed by atoms with van der Waals surface area (Å²) in [5.41, 5.74) is 2.40. The van der Waals surface area contributed by atoms with Gasteiger partial charge in [0, 0.05) is 12.5 Å². The minimum atomic E-state index is 0.335. The lowest BCUT2D eigenvalue weighted by Crippen LogP contribution is -2.24. The molecule has 0 aliphatic carbocycles. The molecule has 2 rings (SSSR count). The van der Waals surface area contributed by atoms with Crippen LogP contribution >= 0.6 is 0 Å². The third-order valence-electron chi connectivity index (χ3n) is 3.27. The first-order chi connectivity index (χ1) is 10.1. The maximum absolute atomic E-state index is 5.74. The van der Waals surface area contributed by atoms with Crippen LogP contribution in [-0.4, -0.2) is 29.8 Å². The van der Waals surface area contributed by atoms with Crippen molar-refractivity contribution >= 4 is 0 Å². The van der Waals surface area contributed by atoms with Gasteiger partial charge >= 0.3 is 0 Å². The van der Waals surface area contributed by atoms with E-state index in [1.54, 1.807) is 0 Å². The summed E-state index contributed by atoms with van der Waals surface area (Å²) in [5, 5.41) is 7.13. The van der Waals surface area contributed by atoms with Crippen LogP contribution in [0.1, 0.15) is 29.8 Å². The molecule has 0 aliphatic rings. The van der Waals surface area contributed by atoms with Crippen molar-refractivity contribution in [3.63, 3.8) is 0 Å². The summed E-state index contributed by atoms with van der Waals surface area (Å²) in [4.78, 5) is 4.37. The van der Waals surface area contributed by atoms with Gasteiger partial charge in [0.25, 0.3) is 0 Å². The number of ether oxygens (including phenoxy) is 1. The predicted molar refractivity (Wildman–Crippen MR) is 81.6 cm³/mol. The summed E-state index contributed by atoms with van der Waals surface area (Å²) < 4.78 is 11.0. The number of aromatic nitrogens is 2. The molecule has 0 bridgehead atoms. The Balaban J connectivity index is 1.83. The number of rotatable bonds is 7. The van der Waals surface area contributed by atoms with E-state index >= 15 is 0 Å². The largest absolute Gasteiger partial charge is 0.493 e. The van der Waals surface area contributed by atoms with Gasteiger partial charge in [-0.05, 0) is 51.1 Å². The molecule has 5 heteroatoms. The standard InChI is InChI=1S/C16H23N3O2/c1-11-7-12(2)9-14(8-11)20-6-5-16-18-15(19-21-16)10-13(3)17-4/h7-9,13,17H,5-6,10H2,1-4H3. The maximum atomic E-state index is 5.74. The Hall–Kier alpha value is -1.88. The van der Waals surface area contributed by atoms with Gasteiger partial charge in [0.1, 0.15) is 5.75 Å². The van der Waals surface area contributed by atoms with Crippen molar-refractivity contribution < 1.29 is 9.26 Å². The van der Waals surface area contributed by atoms with Gasteiger partial charge in [-0.3, -0.25) is 0 Å². The van der Waals surface area contributed by atoms with Gasteiger partial charge in [0.15, 0.2) is 5.82 Å². The second-order valence-corrected chi connectivity index (χ2v) is 5.42. The van der Waals surface area contributed by atoms with Crippen LogP contribution in [0, 0.1) is 13.8 Å². The Morgan fingerprint density at radius 1 is 1.24 bits per heavy atom. The summed E-state index contributed by atoms with van der Waals surface area (Å²) in [6.45, 7) is 6.74. The molecule has 114 valence electrons. The fourth-order valence-corrected chi connectivity index (χ4v) is 2.12. The highest BCUT2D eigenvalue weighted by Gasteiger charge is 2.09. The molecule has 0 saturated carbocycles. The number of aryl methyl sites for hydroxylation is 2. The van der Waals surface area contributed by atoms with Crippen LogP contribution in [0.25, 0.3) is 0 Å². The zero-order valence-electron chi connectivity index (χ0n) is 13.1. The van der Waals surface area contributed by atoms with E-state index in [0.717, 1.165) is 18.0 Å². The highest BCUT2D eigenvalue weighted by molar-refractivity contribution is 5.32. The monoisotopic (exact) mass is 289 g/mol. The normalized spacial score (nSPS) is 12.4. The first-order valence-corrected chi connectivity index (χ1v) is 7.26. The summed E-state index contributed by atoms with van der Waals surface area (Å²) >= 11 is 0. The van der Waals surface area contributed by atoms with Gasteiger partial charge in [-0.1, -0.05) is 11.2 Å². The van der Waals surface area contributed by atoms with Gasteiger partial charge in [0.2, 0.25) is 5.89 Å². The Bertz CT molecular complexity index is 560. The Morgan fingerprint density at radius 2 is 1.95 bits per heavy atom. The first-order valence-electron chi connectivity index (χ1n) is 7.26. The molecule has 1 atom stereocenters. The lowest BCUT2D eigenvalue weighted by atomic mass is 10.1. The lowest BCUT2D eigenvalue weighted by Gasteiger charge is -2.06. The van der Waals surface area contributed by atoms with Crippen LogP contribution in [0.15, 0.2) is 22.7 Å². The molecule has 0 radical (unpaired) electrons. The van der Waals surface area contributed by atoms with Crippen LogP contribution in [0.2, 0.25) is 0 Å². The minimum Gasteiger partial charge on any atom is -0.493 e. The van der Waals surface area contributed by atoms with Crippen molar-refractivity contribution in [3.8, 4) is 5.75 Å². The quantitative estimate of drug-likeness (QED) is 0.848. The van der Waals surface area contributed by atoms with Gasteiger partial charge in [-0.2, -0.15) is 4.98 Å². The zero-order valence-corrected chi connectivity index (χ0v) is 13.1. The third kappa shape index (κ3) is 4.86. The van der Waals surface area contributed by atoms with Crippen LogP contribution in [0.3, 0.4) is 0 Å². The van der Waals surface area contributed by atoms with Crippen molar-refractivity contribution in [2.45, 2.75) is 39.7 Å². The molecular formula is C16H23N3O2. The SMILES string of the molecule is CNC(C)Cc1noc(CCOc2cc(C)cc(C)c2)n1. The number of hydrogen-bond acceptors (Lipinski definition) is 5.